The van der Waals surface area contributed by atoms with Gasteiger partial charge in [-0.15, -0.1) is 0 Å². The van der Waals surface area contributed by atoms with Crippen LogP contribution in [0.1, 0.15) is 22.3 Å². The van der Waals surface area contributed by atoms with E-state index < -0.39 is 0 Å². The molecule has 240 valence electrons. The van der Waals surface area contributed by atoms with Crippen molar-refractivity contribution in [2.75, 3.05) is 4.90 Å². The van der Waals surface area contributed by atoms with Crippen LogP contribution in [0, 0.1) is 0 Å². The second-order valence-corrected chi connectivity index (χ2v) is 14.4. The van der Waals surface area contributed by atoms with Gasteiger partial charge in [0.2, 0.25) is 0 Å². The standard InChI is InChI=1S/C51H31N/c1-3-15-37-32(11-1)13-7-18-38(37)34-25-27-35(28-26-34)52(48-24-8-14-33-12-2-4-16-39(33)48)36-29-30-41-43-20-10-22-45-44-21-9-19-42-40-17-5-6-23-46(40)51(49(42)44,50(43)45)47(41)31-36/h1-31H. The molecule has 1 spiro atoms. The summed E-state index contributed by atoms with van der Waals surface area (Å²) in [4.78, 5) is 2.47. The number of fused-ring (bicyclic) bond motifs is 7. The Hall–Kier alpha value is -6.70. The van der Waals surface area contributed by atoms with Crippen molar-refractivity contribution in [1.29, 1.82) is 0 Å². The summed E-state index contributed by atoms with van der Waals surface area (Å²) < 4.78 is 0. The van der Waals surface area contributed by atoms with E-state index in [4.69, 9.17) is 0 Å². The Morgan fingerprint density at radius 1 is 0.327 bits per heavy atom. The fraction of sp³-hybridized carbons (Fsp3) is 0.0196. The number of hydrogen-bond acceptors (Lipinski definition) is 1. The summed E-state index contributed by atoms with van der Waals surface area (Å²) in [6.45, 7) is 0. The van der Waals surface area contributed by atoms with Crippen molar-refractivity contribution in [3.05, 3.63) is 210 Å². The van der Waals surface area contributed by atoms with Crippen LogP contribution in [0.3, 0.4) is 0 Å². The van der Waals surface area contributed by atoms with E-state index >= 15 is 0 Å². The van der Waals surface area contributed by atoms with E-state index in [-0.39, 0.29) is 5.41 Å². The van der Waals surface area contributed by atoms with E-state index in [2.05, 4.69) is 193 Å². The Morgan fingerprint density at radius 3 is 1.58 bits per heavy atom. The zero-order chi connectivity index (χ0) is 34.0. The van der Waals surface area contributed by atoms with Crippen LogP contribution in [-0.4, -0.2) is 0 Å². The van der Waals surface area contributed by atoms with Crippen molar-refractivity contribution in [1.82, 2.24) is 0 Å². The topological polar surface area (TPSA) is 3.24 Å². The van der Waals surface area contributed by atoms with Crippen molar-refractivity contribution in [3.63, 3.8) is 0 Å². The largest absolute Gasteiger partial charge is 0.310 e. The van der Waals surface area contributed by atoms with Gasteiger partial charge in [-0.2, -0.15) is 0 Å². The van der Waals surface area contributed by atoms with Crippen LogP contribution >= 0.6 is 0 Å². The lowest BCUT2D eigenvalue weighted by Gasteiger charge is -2.31. The summed E-state index contributed by atoms with van der Waals surface area (Å²) in [7, 11) is 0. The third kappa shape index (κ3) is 3.48. The molecular weight excluding hydrogens is 627 g/mol. The predicted molar refractivity (Wildman–Crippen MR) is 217 cm³/mol. The summed E-state index contributed by atoms with van der Waals surface area (Å²) in [5.74, 6) is 0. The molecule has 1 atom stereocenters. The molecule has 0 aromatic heterocycles. The van der Waals surface area contributed by atoms with Crippen molar-refractivity contribution in [2.45, 2.75) is 5.41 Å². The average Bonchev–Trinajstić information content (AvgIpc) is 3.81. The van der Waals surface area contributed by atoms with E-state index in [0.29, 0.717) is 0 Å². The molecule has 1 unspecified atom stereocenters. The van der Waals surface area contributed by atoms with Crippen LogP contribution in [0.4, 0.5) is 17.1 Å². The van der Waals surface area contributed by atoms with E-state index in [0.717, 1.165) is 11.4 Å². The molecule has 9 aromatic rings. The van der Waals surface area contributed by atoms with Gasteiger partial charge in [-0.1, -0.05) is 158 Å². The molecule has 0 amide bonds. The molecule has 9 aromatic carbocycles. The number of nitrogens with zero attached hydrogens (tertiary/aromatic N) is 1. The maximum absolute atomic E-state index is 2.51. The molecule has 0 radical (unpaired) electrons. The minimum atomic E-state index is -0.331. The fourth-order valence-corrected chi connectivity index (χ4v) is 9.98. The average molecular weight is 658 g/mol. The first kappa shape index (κ1) is 28.0. The smallest absolute Gasteiger partial charge is 0.0738 e. The highest BCUT2D eigenvalue weighted by atomic mass is 15.1. The molecule has 0 heterocycles. The van der Waals surface area contributed by atoms with Gasteiger partial charge in [0.1, 0.15) is 0 Å². The summed E-state index contributed by atoms with van der Waals surface area (Å²) in [5.41, 5.74) is 19.4. The Bertz CT molecular complexity index is 2920. The monoisotopic (exact) mass is 657 g/mol. The van der Waals surface area contributed by atoms with Crippen LogP contribution in [0.2, 0.25) is 0 Å². The minimum Gasteiger partial charge on any atom is -0.310 e. The SMILES string of the molecule is c1ccc2c(c1)-c1cccc3c1C21c2cc(N(c4ccc(-c5cccc6ccccc56)cc4)c4cccc5ccccc45)ccc2-c2cccc-3c21. The highest BCUT2D eigenvalue weighted by Crippen LogP contribution is 2.70. The van der Waals surface area contributed by atoms with Crippen molar-refractivity contribution in [3.8, 4) is 44.5 Å². The summed E-state index contributed by atoms with van der Waals surface area (Å²) >= 11 is 0. The molecule has 0 saturated heterocycles. The summed E-state index contributed by atoms with van der Waals surface area (Å²) in [6, 6.07) is 70.0. The highest BCUT2D eigenvalue weighted by Gasteiger charge is 2.57. The third-order valence-corrected chi connectivity index (χ3v) is 12.0. The van der Waals surface area contributed by atoms with Crippen LogP contribution in [-0.2, 0) is 5.41 Å². The highest BCUT2D eigenvalue weighted by molar-refractivity contribution is 6.07. The Labute approximate surface area is 302 Å². The molecule has 0 N–H and O–H groups in total. The van der Waals surface area contributed by atoms with Gasteiger partial charge >= 0.3 is 0 Å². The first-order valence-electron chi connectivity index (χ1n) is 18.2. The molecule has 52 heavy (non-hydrogen) atoms. The molecular formula is C51H31N. The lowest BCUT2D eigenvalue weighted by atomic mass is 9.73. The van der Waals surface area contributed by atoms with Gasteiger partial charge in [-0.25, -0.2) is 0 Å². The van der Waals surface area contributed by atoms with Crippen LogP contribution < -0.4 is 4.90 Å². The molecule has 0 bridgehead atoms. The van der Waals surface area contributed by atoms with Gasteiger partial charge in [0.25, 0.3) is 0 Å². The van der Waals surface area contributed by atoms with Gasteiger partial charge in [0.15, 0.2) is 0 Å². The molecule has 3 aliphatic rings. The third-order valence-electron chi connectivity index (χ3n) is 12.0. The van der Waals surface area contributed by atoms with E-state index in [1.54, 1.807) is 0 Å². The fourth-order valence-electron chi connectivity index (χ4n) is 9.98. The summed E-state index contributed by atoms with van der Waals surface area (Å²) in [6.07, 6.45) is 0. The molecule has 1 nitrogen and oxygen atoms in total. The molecule has 0 fully saturated rings. The quantitative estimate of drug-likeness (QED) is 0.182. The van der Waals surface area contributed by atoms with Gasteiger partial charge in [0, 0.05) is 16.8 Å². The number of benzene rings is 9. The first-order valence-corrected chi connectivity index (χ1v) is 18.2. The first-order chi connectivity index (χ1) is 25.8. The van der Waals surface area contributed by atoms with Gasteiger partial charge in [-0.05, 0) is 113 Å². The zero-order valence-electron chi connectivity index (χ0n) is 28.3. The number of rotatable bonds is 4. The number of anilines is 3. The molecule has 0 saturated carbocycles. The van der Waals surface area contributed by atoms with Crippen LogP contribution in [0.5, 0.6) is 0 Å². The second-order valence-electron chi connectivity index (χ2n) is 14.4. The molecule has 3 aliphatic carbocycles. The van der Waals surface area contributed by atoms with Gasteiger partial charge < -0.3 is 4.90 Å². The van der Waals surface area contributed by atoms with Crippen molar-refractivity contribution < 1.29 is 0 Å². The van der Waals surface area contributed by atoms with Crippen LogP contribution in [0.15, 0.2) is 188 Å². The maximum Gasteiger partial charge on any atom is 0.0738 e. The Balaban J connectivity index is 1.11. The second kappa shape index (κ2) is 10.2. The summed E-state index contributed by atoms with van der Waals surface area (Å²) in [5, 5.41) is 4.99. The van der Waals surface area contributed by atoms with Gasteiger partial charge in [-0.3, -0.25) is 0 Å². The molecule has 12 rings (SSSR count). The Morgan fingerprint density at radius 2 is 0.827 bits per heavy atom. The molecule has 0 aliphatic heterocycles. The maximum atomic E-state index is 2.51. The predicted octanol–water partition coefficient (Wildman–Crippen LogP) is 13.5. The lowest BCUT2D eigenvalue weighted by Crippen LogP contribution is -2.23. The molecule has 1 heteroatoms. The normalized spacial score (nSPS) is 15.4. The number of hydrogen-bond donors (Lipinski definition) is 0. The van der Waals surface area contributed by atoms with Crippen LogP contribution in [0.25, 0.3) is 66.1 Å². The van der Waals surface area contributed by atoms with E-state index in [1.165, 1.54) is 94.0 Å². The van der Waals surface area contributed by atoms with E-state index in [1.807, 2.05) is 0 Å². The minimum absolute atomic E-state index is 0.331. The van der Waals surface area contributed by atoms with Crippen molar-refractivity contribution >= 4 is 38.6 Å². The lowest BCUT2D eigenvalue weighted by molar-refractivity contribution is 0.818. The van der Waals surface area contributed by atoms with E-state index in [9.17, 15) is 0 Å². The van der Waals surface area contributed by atoms with Crippen molar-refractivity contribution in [2.24, 2.45) is 0 Å². The van der Waals surface area contributed by atoms with Gasteiger partial charge in [0.05, 0.1) is 11.1 Å². The Kier molecular flexibility index (Phi) is 5.49. The zero-order valence-corrected chi connectivity index (χ0v) is 28.3.